The number of likely N-dealkylation sites (tertiary alicyclic amines) is 1. The van der Waals surface area contributed by atoms with Crippen molar-refractivity contribution in [1.82, 2.24) is 4.90 Å². The van der Waals surface area contributed by atoms with Gasteiger partial charge in [-0.2, -0.15) is 0 Å². The van der Waals surface area contributed by atoms with Gasteiger partial charge in [-0.3, -0.25) is 9.69 Å². The van der Waals surface area contributed by atoms with Gasteiger partial charge in [-0.25, -0.2) is 0 Å². The molecule has 1 fully saturated rings. The van der Waals surface area contributed by atoms with Gasteiger partial charge in [0.15, 0.2) is 5.72 Å². The number of carbonyl (C=O) groups excluding carboxylic acids is 1. The third-order valence-electron chi connectivity index (χ3n) is 4.15. The summed E-state index contributed by atoms with van der Waals surface area (Å²) in [6.45, 7) is 3.78. The molecule has 0 radical (unpaired) electrons. The van der Waals surface area contributed by atoms with Crippen molar-refractivity contribution in [3.8, 4) is 0 Å². The van der Waals surface area contributed by atoms with Crippen molar-refractivity contribution >= 4 is 5.91 Å². The van der Waals surface area contributed by atoms with E-state index in [-0.39, 0.29) is 0 Å². The Hall–Kier alpha value is -1.33. The summed E-state index contributed by atoms with van der Waals surface area (Å²) < 4.78 is 11.2. The first kappa shape index (κ1) is 14.1. The van der Waals surface area contributed by atoms with E-state index in [2.05, 4.69) is 4.90 Å². The van der Waals surface area contributed by atoms with Gasteiger partial charge in [0.2, 0.25) is 5.91 Å². The molecular formula is C14H22N2O3. The molecule has 2 rings (SSSR count). The number of nitrogens with zero attached hydrogens (tertiary/aromatic N) is 1. The fraction of sp³-hybridized carbons (Fsp3) is 0.643. The van der Waals surface area contributed by atoms with Crippen LogP contribution < -0.4 is 5.73 Å². The highest BCUT2D eigenvalue weighted by atomic mass is 16.5. The Balaban J connectivity index is 2.51. The highest BCUT2D eigenvalue weighted by molar-refractivity contribution is 5.82. The van der Waals surface area contributed by atoms with Crippen LogP contribution in [-0.4, -0.2) is 43.8 Å². The van der Waals surface area contributed by atoms with Gasteiger partial charge in [-0.05, 0) is 31.4 Å². The van der Waals surface area contributed by atoms with Gasteiger partial charge in [-0.15, -0.1) is 0 Å². The Morgan fingerprint density at radius 1 is 1.37 bits per heavy atom. The second kappa shape index (κ2) is 5.35. The lowest BCUT2D eigenvalue weighted by Gasteiger charge is -2.47. The molecule has 1 aliphatic carbocycles. The van der Waals surface area contributed by atoms with Gasteiger partial charge in [0.05, 0.1) is 7.11 Å². The Labute approximate surface area is 114 Å². The number of carbonyl (C=O) groups is 1. The van der Waals surface area contributed by atoms with Gasteiger partial charge < -0.3 is 15.2 Å². The summed E-state index contributed by atoms with van der Waals surface area (Å²) in [6, 6.07) is 0. The summed E-state index contributed by atoms with van der Waals surface area (Å²) in [5.41, 5.74) is 5.80. The summed E-state index contributed by atoms with van der Waals surface area (Å²) in [6.07, 6.45) is 5.96. The van der Waals surface area contributed by atoms with E-state index in [1.807, 2.05) is 13.0 Å². The van der Waals surface area contributed by atoms with Crippen molar-refractivity contribution in [3.05, 3.63) is 23.5 Å². The number of ether oxygens (including phenoxy) is 2. The lowest BCUT2D eigenvalue weighted by Crippen LogP contribution is -2.60. The van der Waals surface area contributed by atoms with Gasteiger partial charge in [-0.1, -0.05) is 6.08 Å². The second-order valence-corrected chi connectivity index (χ2v) is 5.05. The number of rotatable bonds is 4. The highest BCUT2D eigenvalue weighted by Gasteiger charge is 2.53. The Bertz CT molecular complexity index is 424. The van der Waals surface area contributed by atoms with Crippen LogP contribution in [0.5, 0.6) is 0 Å². The predicted octanol–water partition coefficient (Wildman–Crippen LogP) is 1.02. The van der Waals surface area contributed by atoms with E-state index < -0.39 is 17.6 Å². The number of allylic oxidation sites excluding steroid dienone is 2. The number of amides is 1. The van der Waals surface area contributed by atoms with E-state index in [1.54, 1.807) is 20.3 Å². The molecule has 1 amide bonds. The molecule has 2 N–H and O–H groups in total. The van der Waals surface area contributed by atoms with E-state index in [9.17, 15) is 4.79 Å². The third kappa shape index (κ3) is 2.07. The SMILES string of the molecule is COC1=CC=C(C)C(OC)(N2CCCC2)C1C(N)=O. The summed E-state index contributed by atoms with van der Waals surface area (Å²) in [5, 5.41) is 0. The van der Waals surface area contributed by atoms with Crippen LogP contribution in [0.15, 0.2) is 23.5 Å². The molecule has 0 aromatic rings. The van der Waals surface area contributed by atoms with Crippen molar-refractivity contribution in [1.29, 1.82) is 0 Å². The topological polar surface area (TPSA) is 64.8 Å². The van der Waals surface area contributed by atoms with Crippen LogP contribution in [-0.2, 0) is 14.3 Å². The van der Waals surface area contributed by atoms with Crippen LogP contribution in [0.4, 0.5) is 0 Å². The highest BCUT2D eigenvalue weighted by Crippen LogP contribution is 2.42. The molecule has 2 unspecified atom stereocenters. The quantitative estimate of drug-likeness (QED) is 0.825. The normalized spacial score (nSPS) is 31.8. The van der Waals surface area contributed by atoms with Gasteiger partial charge in [0.25, 0.3) is 0 Å². The molecule has 2 atom stereocenters. The maximum atomic E-state index is 12.0. The molecule has 0 aromatic heterocycles. The van der Waals surface area contributed by atoms with Gasteiger partial charge >= 0.3 is 0 Å². The standard InChI is InChI=1S/C14H22N2O3/c1-10-6-7-11(18-2)12(13(15)17)14(10,19-3)16-8-4-5-9-16/h6-7,12H,4-5,8-9H2,1-3H3,(H2,15,17). The molecule has 0 saturated carbocycles. The zero-order valence-corrected chi connectivity index (χ0v) is 11.8. The largest absolute Gasteiger partial charge is 0.500 e. The molecular weight excluding hydrogens is 244 g/mol. The monoisotopic (exact) mass is 266 g/mol. The van der Waals surface area contributed by atoms with Crippen LogP contribution in [0, 0.1) is 5.92 Å². The number of nitrogens with two attached hydrogens (primary N) is 1. The van der Waals surface area contributed by atoms with Crippen molar-refractivity contribution in [2.75, 3.05) is 27.3 Å². The zero-order chi connectivity index (χ0) is 14.0. The van der Waals surface area contributed by atoms with E-state index in [1.165, 1.54) is 0 Å². The van der Waals surface area contributed by atoms with E-state index in [0.717, 1.165) is 31.5 Å². The number of primary amides is 1. The fourth-order valence-corrected chi connectivity index (χ4v) is 3.25. The molecule has 0 aromatic carbocycles. The molecule has 5 heteroatoms. The predicted molar refractivity (Wildman–Crippen MR) is 72.1 cm³/mol. The maximum absolute atomic E-state index is 12.0. The summed E-state index contributed by atoms with van der Waals surface area (Å²) in [7, 11) is 3.19. The Morgan fingerprint density at radius 3 is 2.47 bits per heavy atom. The third-order valence-corrected chi connectivity index (χ3v) is 4.15. The molecule has 0 spiro atoms. The van der Waals surface area contributed by atoms with Crippen LogP contribution in [0.2, 0.25) is 0 Å². The van der Waals surface area contributed by atoms with E-state index in [0.29, 0.717) is 5.76 Å². The Morgan fingerprint density at radius 2 is 2.00 bits per heavy atom. The maximum Gasteiger partial charge on any atom is 0.232 e. The summed E-state index contributed by atoms with van der Waals surface area (Å²) in [4.78, 5) is 14.2. The van der Waals surface area contributed by atoms with Crippen LogP contribution in [0.1, 0.15) is 19.8 Å². The smallest absolute Gasteiger partial charge is 0.232 e. The van der Waals surface area contributed by atoms with Crippen molar-refractivity contribution in [2.45, 2.75) is 25.5 Å². The first-order valence-electron chi connectivity index (χ1n) is 6.60. The van der Waals surface area contributed by atoms with E-state index >= 15 is 0 Å². The van der Waals surface area contributed by atoms with Crippen LogP contribution in [0.25, 0.3) is 0 Å². The molecule has 0 bridgehead atoms. The van der Waals surface area contributed by atoms with Crippen LogP contribution >= 0.6 is 0 Å². The Kier molecular flexibility index (Phi) is 3.96. The summed E-state index contributed by atoms with van der Waals surface area (Å²) in [5.74, 6) is -0.466. The number of hydrogen-bond donors (Lipinski definition) is 1. The minimum Gasteiger partial charge on any atom is -0.500 e. The van der Waals surface area contributed by atoms with Crippen molar-refractivity contribution in [2.24, 2.45) is 11.7 Å². The minimum atomic E-state index is -0.803. The molecule has 5 nitrogen and oxygen atoms in total. The second-order valence-electron chi connectivity index (χ2n) is 5.05. The summed E-state index contributed by atoms with van der Waals surface area (Å²) >= 11 is 0. The van der Waals surface area contributed by atoms with E-state index in [4.69, 9.17) is 15.2 Å². The molecule has 2 aliphatic rings. The van der Waals surface area contributed by atoms with Crippen molar-refractivity contribution in [3.63, 3.8) is 0 Å². The average Bonchev–Trinajstić information content (AvgIpc) is 2.92. The minimum absolute atomic E-state index is 0.422. The zero-order valence-electron chi connectivity index (χ0n) is 11.8. The molecule has 1 heterocycles. The molecule has 19 heavy (non-hydrogen) atoms. The first-order valence-corrected chi connectivity index (χ1v) is 6.60. The van der Waals surface area contributed by atoms with Crippen molar-refractivity contribution < 1.29 is 14.3 Å². The number of methoxy groups -OCH3 is 2. The number of hydrogen-bond acceptors (Lipinski definition) is 4. The van der Waals surface area contributed by atoms with Gasteiger partial charge in [0.1, 0.15) is 11.7 Å². The molecule has 106 valence electrons. The lowest BCUT2D eigenvalue weighted by atomic mass is 9.81. The van der Waals surface area contributed by atoms with Crippen LogP contribution in [0.3, 0.4) is 0 Å². The van der Waals surface area contributed by atoms with Gasteiger partial charge in [0, 0.05) is 20.2 Å². The molecule has 1 saturated heterocycles. The average molecular weight is 266 g/mol. The lowest BCUT2D eigenvalue weighted by molar-refractivity contribution is -0.157. The first-order chi connectivity index (χ1) is 9.07. The molecule has 1 aliphatic heterocycles. The fourth-order valence-electron chi connectivity index (χ4n) is 3.25.